The Morgan fingerprint density at radius 3 is 2.50 bits per heavy atom. The summed E-state index contributed by atoms with van der Waals surface area (Å²) >= 11 is 0. The number of nitrogens with one attached hydrogen (secondary N) is 2. The van der Waals surface area contributed by atoms with Gasteiger partial charge in [-0.15, -0.1) is 0 Å². The maximum absolute atomic E-state index is 10.6. The lowest BCUT2D eigenvalue weighted by Gasteiger charge is -1.87. The number of aliphatic hydroxyl groups excluding tert-OH is 1. The second-order valence-corrected chi connectivity index (χ2v) is 1.71. The zero-order valence-corrected chi connectivity index (χ0v) is 5.05. The Hall–Kier alpha value is -1.36. The van der Waals surface area contributed by atoms with Gasteiger partial charge in [-0.25, -0.2) is 4.79 Å². The van der Waals surface area contributed by atoms with E-state index in [-0.39, 0.29) is 12.3 Å². The molecule has 0 bridgehead atoms. The molecule has 1 aliphatic rings. The van der Waals surface area contributed by atoms with Gasteiger partial charge in [0, 0.05) is 0 Å². The first-order valence-corrected chi connectivity index (χ1v) is 2.67. The Morgan fingerprint density at radius 1 is 1.40 bits per heavy atom. The van der Waals surface area contributed by atoms with Crippen LogP contribution in [-0.4, -0.2) is 23.7 Å². The molecule has 5 heteroatoms. The summed E-state index contributed by atoms with van der Waals surface area (Å²) in [4.78, 5) is 21.0. The van der Waals surface area contributed by atoms with Crippen molar-refractivity contribution in [2.45, 2.75) is 0 Å². The van der Waals surface area contributed by atoms with Gasteiger partial charge in [0.15, 0.2) is 0 Å². The topological polar surface area (TPSA) is 78.4 Å². The van der Waals surface area contributed by atoms with Crippen molar-refractivity contribution in [1.82, 2.24) is 10.6 Å². The summed E-state index contributed by atoms with van der Waals surface area (Å²) in [6, 6.07) is -0.551. The lowest BCUT2D eigenvalue weighted by Crippen LogP contribution is -2.22. The number of carbonyl (C=O) groups is 2. The lowest BCUT2D eigenvalue weighted by molar-refractivity contribution is -0.115. The SMILES string of the molecule is O=C1NC(=O)C(=CCO)N1. The lowest BCUT2D eigenvalue weighted by atomic mass is 10.4. The van der Waals surface area contributed by atoms with Crippen LogP contribution in [0.3, 0.4) is 0 Å². The van der Waals surface area contributed by atoms with Gasteiger partial charge in [-0.1, -0.05) is 0 Å². The van der Waals surface area contributed by atoms with E-state index in [2.05, 4.69) is 5.32 Å². The van der Waals surface area contributed by atoms with E-state index >= 15 is 0 Å². The van der Waals surface area contributed by atoms with E-state index in [4.69, 9.17) is 5.11 Å². The van der Waals surface area contributed by atoms with Crippen molar-refractivity contribution in [2.24, 2.45) is 0 Å². The predicted octanol–water partition coefficient (Wildman–Crippen LogP) is -1.30. The standard InChI is InChI=1S/C5H6N2O3/c8-2-1-3-4(9)7-5(10)6-3/h1,8H,2H2,(H2,6,7,9,10). The van der Waals surface area contributed by atoms with Gasteiger partial charge in [0.2, 0.25) is 0 Å². The van der Waals surface area contributed by atoms with Crippen LogP contribution in [0.15, 0.2) is 11.8 Å². The second kappa shape index (κ2) is 2.49. The Labute approximate surface area is 56.7 Å². The highest BCUT2D eigenvalue weighted by Gasteiger charge is 2.21. The molecule has 3 N–H and O–H groups in total. The third-order valence-electron chi connectivity index (χ3n) is 1.02. The van der Waals surface area contributed by atoms with Crippen molar-refractivity contribution in [3.8, 4) is 0 Å². The van der Waals surface area contributed by atoms with Gasteiger partial charge < -0.3 is 10.4 Å². The molecule has 0 saturated carbocycles. The monoisotopic (exact) mass is 142 g/mol. The third-order valence-corrected chi connectivity index (χ3v) is 1.02. The predicted molar refractivity (Wildman–Crippen MR) is 31.8 cm³/mol. The first-order chi connectivity index (χ1) is 4.74. The molecular formula is C5H6N2O3. The maximum Gasteiger partial charge on any atom is 0.326 e. The van der Waals surface area contributed by atoms with Crippen LogP contribution in [0.1, 0.15) is 0 Å². The molecule has 5 nitrogen and oxygen atoms in total. The highest BCUT2D eigenvalue weighted by molar-refractivity contribution is 6.11. The van der Waals surface area contributed by atoms with Crippen molar-refractivity contribution in [2.75, 3.05) is 6.61 Å². The molecule has 1 fully saturated rings. The number of rotatable bonds is 1. The number of aliphatic hydroxyl groups is 1. The van der Waals surface area contributed by atoms with Crippen molar-refractivity contribution in [3.05, 3.63) is 11.8 Å². The smallest absolute Gasteiger partial charge is 0.326 e. The van der Waals surface area contributed by atoms with E-state index in [9.17, 15) is 9.59 Å². The number of carbonyl (C=O) groups excluding carboxylic acids is 2. The first kappa shape index (κ1) is 6.76. The van der Waals surface area contributed by atoms with Gasteiger partial charge in [-0.2, -0.15) is 0 Å². The van der Waals surface area contributed by atoms with Gasteiger partial charge in [-0.3, -0.25) is 10.1 Å². The number of urea groups is 1. The molecule has 0 aliphatic carbocycles. The molecule has 54 valence electrons. The van der Waals surface area contributed by atoms with E-state index in [1.165, 1.54) is 6.08 Å². The number of amides is 3. The molecule has 10 heavy (non-hydrogen) atoms. The molecule has 3 amide bonds. The fourth-order valence-corrected chi connectivity index (χ4v) is 0.616. The third kappa shape index (κ3) is 1.14. The van der Waals surface area contributed by atoms with E-state index in [1.54, 1.807) is 0 Å². The molecule has 1 aliphatic heterocycles. The average molecular weight is 142 g/mol. The Balaban J connectivity index is 2.72. The van der Waals surface area contributed by atoms with E-state index < -0.39 is 11.9 Å². The Kier molecular flexibility index (Phi) is 1.68. The van der Waals surface area contributed by atoms with Crippen LogP contribution in [0, 0.1) is 0 Å². The van der Waals surface area contributed by atoms with Crippen molar-refractivity contribution >= 4 is 11.9 Å². The molecular weight excluding hydrogens is 136 g/mol. The van der Waals surface area contributed by atoms with E-state index in [0.717, 1.165) is 0 Å². The first-order valence-electron chi connectivity index (χ1n) is 2.67. The quantitative estimate of drug-likeness (QED) is 0.314. The Morgan fingerprint density at radius 2 is 2.10 bits per heavy atom. The molecule has 0 unspecified atom stereocenters. The van der Waals surface area contributed by atoms with Crippen molar-refractivity contribution < 1.29 is 14.7 Å². The Bertz CT molecular complexity index is 209. The molecule has 1 rings (SSSR count). The maximum atomic E-state index is 10.6. The summed E-state index contributed by atoms with van der Waals surface area (Å²) in [6.45, 7) is -0.261. The second-order valence-electron chi connectivity index (χ2n) is 1.71. The highest BCUT2D eigenvalue weighted by Crippen LogP contribution is 1.94. The average Bonchev–Trinajstić information content (AvgIpc) is 2.13. The summed E-state index contributed by atoms with van der Waals surface area (Å²) in [6.07, 6.45) is 1.22. The summed E-state index contributed by atoms with van der Waals surface area (Å²) in [7, 11) is 0. The van der Waals surface area contributed by atoms with Crippen molar-refractivity contribution in [3.63, 3.8) is 0 Å². The minimum atomic E-state index is -0.551. The van der Waals surface area contributed by atoms with Gasteiger partial charge in [-0.05, 0) is 6.08 Å². The molecule has 0 radical (unpaired) electrons. The van der Waals surface area contributed by atoms with Gasteiger partial charge in [0.25, 0.3) is 5.91 Å². The molecule has 0 spiro atoms. The van der Waals surface area contributed by atoms with Gasteiger partial charge in [0.1, 0.15) is 5.70 Å². The number of imide groups is 1. The van der Waals surface area contributed by atoms with E-state index in [1.807, 2.05) is 5.32 Å². The van der Waals surface area contributed by atoms with Crippen LogP contribution in [-0.2, 0) is 4.79 Å². The molecule has 0 aromatic carbocycles. The number of hydrogen-bond acceptors (Lipinski definition) is 3. The van der Waals surface area contributed by atoms with Crippen molar-refractivity contribution in [1.29, 1.82) is 0 Å². The molecule has 0 aromatic rings. The number of hydrogen-bond donors (Lipinski definition) is 3. The summed E-state index contributed by atoms with van der Waals surface area (Å²) in [5.41, 5.74) is 0.104. The van der Waals surface area contributed by atoms with Crippen LogP contribution in [0.25, 0.3) is 0 Å². The summed E-state index contributed by atoms with van der Waals surface area (Å²) in [5.74, 6) is -0.501. The zero-order valence-electron chi connectivity index (χ0n) is 5.05. The van der Waals surface area contributed by atoms with Gasteiger partial charge >= 0.3 is 6.03 Å². The molecule has 0 atom stereocenters. The van der Waals surface area contributed by atoms with Crippen LogP contribution in [0.5, 0.6) is 0 Å². The van der Waals surface area contributed by atoms with Crippen LogP contribution in [0.4, 0.5) is 4.79 Å². The minimum absolute atomic E-state index is 0.104. The van der Waals surface area contributed by atoms with Crippen LogP contribution >= 0.6 is 0 Å². The molecule has 1 saturated heterocycles. The minimum Gasteiger partial charge on any atom is -0.392 e. The summed E-state index contributed by atoms with van der Waals surface area (Å²) in [5, 5.41) is 12.5. The molecule has 0 aromatic heterocycles. The van der Waals surface area contributed by atoms with E-state index in [0.29, 0.717) is 0 Å². The van der Waals surface area contributed by atoms with Gasteiger partial charge in [0.05, 0.1) is 6.61 Å². The summed E-state index contributed by atoms with van der Waals surface area (Å²) < 4.78 is 0. The van der Waals surface area contributed by atoms with Crippen LogP contribution in [0.2, 0.25) is 0 Å². The normalized spacial score (nSPS) is 21.1. The zero-order chi connectivity index (χ0) is 7.56. The largest absolute Gasteiger partial charge is 0.392 e. The highest BCUT2D eigenvalue weighted by atomic mass is 16.2. The fraction of sp³-hybridized carbons (Fsp3) is 0.200. The fourth-order valence-electron chi connectivity index (χ4n) is 0.616. The van der Waals surface area contributed by atoms with Crippen LogP contribution < -0.4 is 10.6 Å². The molecule has 1 heterocycles.